The van der Waals surface area contributed by atoms with Gasteiger partial charge in [0.25, 0.3) is 0 Å². The van der Waals surface area contributed by atoms with Crippen LogP contribution in [0.4, 0.5) is 5.82 Å². The molecule has 2 aromatic rings. The molecule has 21 heavy (non-hydrogen) atoms. The van der Waals surface area contributed by atoms with Crippen LogP contribution in [0.2, 0.25) is 0 Å². The Balaban J connectivity index is 1.95. The summed E-state index contributed by atoms with van der Waals surface area (Å²) in [4.78, 5) is 8.61. The van der Waals surface area contributed by atoms with Crippen LogP contribution >= 0.6 is 11.3 Å². The van der Waals surface area contributed by atoms with Gasteiger partial charge in [0.2, 0.25) is 0 Å². The molecule has 1 atom stereocenters. The second-order valence-electron chi connectivity index (χ2n) is 6.22. The van der Waals surface area contributed by atoms with Gasteiger partial charge in [-0.15, -0.1) is 11.3 Å². The van der Waals surface area contributed by atoms with E-state index in [0.29, 0.717) is 12.1 Å². The second kappa shape index (κ2) is 6.36. The van der Waals surface area contributed by atoms with Crippen molar-refractivity contribution >= 4 is 22.1 Å². The summed E-state index contributed by atoms with van der Waals surface area (Å²) >= 11 is 1.73. The zero-order valence-electron chi connectivity index (χ0n) is 13.3. The molecular formula is C16H26N4S. The smallest absolute Gasteiger partial charge is 0.195 e. The highest BCUT2D eigenvalue weighted by molar-refractivity contribution is 7.15. The van der Waals surface area contributed by atoms with E-state index in [9.17, 15) is 0 Å². The fourth-order valence-corrected chi connectivity index (χ4v) is 3.95. The number of piperidine rings is 1. The highest BCUT2D eigenvalue weighted by atomic mass is 32.1. The van der Waals surface area contributed by atoms with Gasteiger partial charge in [-0.1, -0.05) is 20.8 Å². The van der Waals surface area contributed by atoms with E-state index in [1.807, 2.05) is 0 Å². The SMILES string of the molecule is CCC1CCCCN1c1nc2sccn2c1CNC(C)C. The van der Waals surface area contributed by atoms with Crippen molar-refractivity contribution in [2.24, 2.45) is 0 Å². The van der Waals surface area contributed by atoms with Gasteiger partial charge in [0.15, 0.2) is 10.8 Å². The number of imidazole rings is 1. The van der Waals surface area contributed by atoms with E-state index in [0.717, 1.165) is 18.1 Å². The summed E-state index contributed by atoms with van der Waals surface area (Å²) in [5.74, 6) is 1.21. The van der Waals surface area contributed by atoms with Gasteiger partial charge in [-0.05, 0) is 25.7 Å². The number of fused-ring (bicyclic) bond motifs is 1. The van der Waals surface area contributed by atoms with Crippen molar-refractivity contribution in [1.82, 2.24) is 14.7 Å². The first kappa shape index (κ1) is 14.9. The van der Waals surface area contributed by atoms with Crippen LogP contribution in [0.5, 0.6) is 0 Å². The third-order valence-corrected chi connectivity index (χ3v) is 5.14. The summed E-state index contributed by atoms with van der Waals surface area (Å²) in [5, 5.41) is 5.68. The Morgan fingerprint density at radius 3 is 3.05 bits per heavy atom. The predicted octanol–water partition coefficient (Wildman–Crippen LogP) is 3.66. The summed E-state index contributed by atoms with van der Waals surface area (Å²) in [6.45, 7) is 8.73. The maximum absolute atomic E-state index is 4.94. The molecular weight excluding hydrogens is 280 g/mol. The minimum absolute atomic E-state index is 0.491. The van der Waals surface area contributed by atoms with Gasteiger partial charge >= 0.3 is 0 Å². The Morgan fingerprint density at radius 2 is 2.29 bits per heavy atom. The molecule has 5 heteroatoms. The molecule has 1 fully saturated rings. The highest BCUT2D eigenvalue weighted by Crippen LogP contribution is 2.31. The van der Waals surface area contributed by atoms with E-state index >= 15 is 0 Å². The lowest BCUT2D eigenvalue weighted by molar-refractivity contribution is 0.445. The summed E-state index contributed by atoms with van der Waals surface area (Å²) < 4.78 is 2.26. The first-order valence-electron chi connectivity index (χ1n) is 8.15. The summed E-state index contributed by atoms with van der Waals surface area (Å²) in [6.07, 6.45) is 7.31. The number of anilines is 1. The molecule has 4 nitrogen and oxygen atoms in total. The van der Waals surface area contributed by atoms with Gasteiger partial charge in [-0.25, -0.2) is 4.98 Å². The lowest BCUT2D eigenvalue weighted by Gasteiger charge is -2.36. The molecule has 1 unspecified atom stereocenters. The Kier molecular flexibility index (Phi) is 4.50. The molecule has 0 aliphatic carbocycles. The number of hydrogen-bond acceptors (Lipinski definition) is 4. The monoisotopic (exact) mass is 306 g/mol. The van der Waals surface area contributed by atoms with Crippen LogP contribution in [0.1, 0.15) is 52.1 Å². The summed E-state index contributed by atoms with van der Waals surface area (Å²) in [5.41, 5.74) is 1.32. The third kappa shape index (κ3) is 2.94. The van der Waals surface area contributed by atoms with E-state index in [1.54, 1.807) is 11.3 Å². The van der Waals surface area contributed by atoms with Crippen LogP contribution < -0.4 is 10.2 Å². The molecule has 2 aromatic heterocycles. The Labute approximate surface area is 131 Å². The summed E-state index contributed by atoms with van der Waals surface area (Å²) in [7, 11) is 0. The van der Waals surface area contributed by atoms with Gasteiger partial charge in [0.05, 0.1) is 5.69 Å². The summed E-state index contributed by atoms with van der Waals surface area (Å²) in [6, 6.07) is 1.14. The molecule has 1 aliphatic rings. The molecule has 0 radical (unpaired) electrons. The van der Waals surface area contributed by atoms with E-state index < -0.39 is 0 Å². The van der Waals surface area contributed by atoms with Gasteiger partial charge in [0, 0.05) is 36.8 Å². The molecule has 1 saturated heterocycles. The average Bonchev–Trinajstić information content (AvgIpc) is 3.05. The molecule has 0 aromatic carbocycles. The number of thiazole rings is 1. The van der Waals surface area contributed by atoms with Crippen molar-refractivity contribution in [1.29, 1.82) is 0 Å². The number of nitrogens with zero attached hydrogens (tertiary/aromatic N) is 3. The van der Waals surface area contributed by atoms with Crippen LogP contribution in [0, 0.1) is 0 Å². The first-order chi connectivity index (χ1) is 10.2. The van der Waals surface area contributed by atoms with Crippen LogP contribution in [0.15, 0.2) is 11.6 Å². The van der Waals surface area contributed by atoms with Crippen molar-refractivity contribution < 1.29 is 0 Å². The molecule has 3 rings (SSSR count). The van der Waals surface area contributed by atoms with E-state index in [4.69, 9.17) is 4.98 Å². The van der Waals surface area contributed by atoms with E-state index in [2.05, 4.69) is 47.0 Å². The zero-order valence-corrected chi connectivity index (χ0v) is 14.1. The Morgan fingerprint density at radius 1 is 1.43 bits per heavy atom. The third-order valence-electron chi connectivity index (χ3n) is 4.39. The maximum Gasteiger partial charge on any atom is 0.195 e. The second-order valence-corrected chi connectivity index (χ2v) is 7.10. The highest BCUT2D eigenvalue weighted by Gasteiger charge is 2.26. The van der Waals surface area contributed by atoms with Gasteiger partial charge in [-0.3, -0.25) is 4.40 Å². The maximum atomic E-state index is 4.94. The molecule has 0 bridgehead atoms. The average molecular weight is 306 g/mol. The molecule has 0 amide bonds. The minimum atomic E-state index is 0.491. The number of hydrogen-bond donors (Lipinski definition) is 1. The van der Waals surface area contributed by atoms with Crippen LogP contribution in [-0.4, -0.2) is 28.0 Å². The van der Waals surface area contributed by atoms with Gasteiger partial charge in [0.1, 0.15) is 0 Å². The normalized spacial score (nSPS) is 19.8. The minimum Gasteiger partial charge on any atom is -0.352 e. The lowest BCUT2D eigenvalue weighted by Crippen LogP contribution is -2.40. The fraction of sp³-hybridized carbons (Fsp3) is 0.688. The van der Waals surface area contributed by atoms with Crippen LogP contribution in [0.3, 0.4) is 0 Å². The zero-order chi connectivity index (χ0) is 14.8. The molecule has 3 heterocycles. The van der Waals surface area contributed by atoms with Gasteiger partial charge in [-0.2, -0.15) is 0 Å². The van der Waals surface area contributed by atoms with Crippen LogP contribution in [-0.2, 0) is 6.54 Å². The number of rotatable bonds is 5. The van der Waals surface area contributed by atoms with Crippen molar-refractivity contribution in [3.8, 4) is 0 Å². The predicted molar refractivity (Wildman–Crippen MR) is 90.3 cm³/mol. The first-order valence-corrected chi connectivity index (χ1v) is 9.03. The van der Waals surface area contributed by atoms with Crippen molar-refractivity contribution in [2.45, 2.75) is 65.1 Å². The van der Waals surface area contributed by atoms with Gasteiger partial charge < -0.3 is 10.2 Å². The number of nitrogens with one attached hydrogen (secondary N) is 1. The fourth-order valence-electron chi connectivity index (χ4n) is 3.22. The largest absolute Gasteiger partial charge is 0.352 e. The van der Waals surface area contributed by atoms with Crippen molar-refractivity contribution in [3.63, 3.8) is 0 Å². The molecule has 1 aliphatic heterocycles. The standard InChI is InChI=1S/C16H26N4S/c1-4-13-7-5-6-8-19(13)15-14(11-17-12(2)3)20-9-10-21-16(20)18-15/h9-10,12-13,17H,4-8,11H2,1-3H3. The van der Waals surface area contributed by atoms with Crippen molar-refractivity contribution in [2.75, 3.05) is 11.4 Å². The molecule has 1 N–H and O–H groups in total. The topological polar surface area (TPSA) is 32.6 Å². The molecule has 116 valence electrons. The molecule has 0 saturated carbocycles. The van der Waals surface area contributed by atoms with Crippen LogP contribution in [0.25, 0.3) is 4.96 Å². The van der Waals surface area contributed by atoms with Crippen molar-refractivity contribution in [3.05, 3.63) is 17.3 Å². The Hall–Kier alpha value is -1.07. The molecule has 0 spiro atoms. The quantitative estimate of drug-likeness (QED) is 0.915. The van der Waals surface area contributed by atoms with E-state index in [-0.39, 0.29) is 0 Å². The van der Waals surface area contributed by atoms with E-state index in [1.165, 1.54) is 37.2 Å². The number of aromatic nitrogens is 2. The lowest BCUT2D eigenvalue weighted by atomic mass is 10.00. The Bertz CT molecular complexity index is 586.